The van der Waals surface area contributed by atoms with Gasteiger partial charge >= 0.3 is 0 Å². The fraction of sp³-hybridized carbons (Fsp3) is 0. The van der Waals surface area contributed by atoms with E-state index in [4.69, 9.17) is 0 Å². The van der Waals surface area contributed by atoms with Crippen LogP contribution in [0.2, 0.25) is 0 Å². The zero-order chi connectivity index (χ0) is 4.28. The van der Waals surface area contributed by atoms with E-state index >= 15 is 0 Å². The maximum atomic E-state index is 2.86. The molecule has 26 valence electrons. The smallest absolute Gasteiger partial charge is 0.198 e. The molecule has 0 aromatic carbocycles. The molecule has 1 N–H and O–H groups in total. The summed E-state index contributed by atoms with van der Waals surface area (Å²) < 4.78 is 0. The molecule has 0 atom stereocenters. The first-order valence-electron chi connectivity index (χ1n) is 1.62. The van der Waals surface area contributed by atoms with E-state index in [9.17, 15) is 0 Å². The van der Waals surface area contributed by atoms with E-state index in [1.807, 2.05) is 28.8 Å². The Kier molecular flexibility index (Phi) is 2.41. The van der Waals surface area contributed by atoms with Crippen molar-refractivity contribution in [3.8, 4) is 0 Å². The summed E-state index contributed by atoms with van der Waals surface area (Å²) in [5.74, 6) is 0. The molecule has 0 aliphatic carbocycles. The van der Waals surface area contributed by atoms with Crippen molar-refractivity contribution in [3.05, 3.63) is 0 Å². The summed E-state index contributed by atoms with van der Waals surface area (Å²) in [6.45, 7) is 0. The van der Waals surface area contributed by atoms with E-state index in [0.29, 0.717) is 0 Å². The van der Waals surface area contributed by atoms with Crippen molar-refractivity contribution in [1.29, 1.82) is 0 Å². The van der Waals surface area contributed by atoms with Gasteiger partial charge in [-0.05, 0) is 0 Å². The predicted octanol–water partition coefficient (Wildman–Crippen LogP) is -3.56. The largest absolute Gasteiger partial charge is 0.346 e. The van der Waals surface area contributed by atoms with Gasteiger partial charge in [0, 0.05) is 0 Å². The maximum absolute atomic E-state index is 2.86. The molecule has 5 heteroatoms. The minimum Gasteiger partial charge on any atom is -0.346 e. The molecule has 0 heterocycles. The van der Waals surface area contributed by atoms with Crippen LogP contribution in [0.5, 0.6) is 0 Å². The number of rotatable bonds is 1. The van der Waals surface area contributed by atoms with Crippen LogP contribution in [0.15, 0.2) is 0 Å². The minimum absolute atomic E-state index is 1.88. The molecule has 0 aliphatic heterocycles. The van der Waals surface area contributed by atoms with Crippen LogP contribution in [0.25, 0.3) is 0 Å². The molecule has 2 nitrogen and oxygen atoms in total. The van der Waals surface area contributed by atoms with Gasteiger partial charge in [0.25, 0.3) is 0 Å². The molecule has 0 fully saturated rings. The van der Waals surface area contributed by atoms with Gasteiger partial charge in [0.05, 0.1) is 0 Å². The van der Waals surface area contributed by atoms with Crippen LogP contribution in [0, 0.1) is 0 Å². The summed E-state index contributed by atoms with van der Waals surface area (Å²) >= 11 is 0. The van der Waals surface area contributed by atoms with Crippen molar-refractivity contribution in [1.82, 2.24) is 10.2 Å². The van der Waals surface area contributed by atoms with E-state index in [1.54, 1.807) is 0 Å². The third kappa shape index (κ3) is 4.11. The molecular formula is H7B3N2. The molecule has 0 rings (SSSR count). The highest BCUT2D eigenvalue weighted by molar-refractivity contribution is 6.26. The first-order valence-corrected chi connectivity index (χ1v) is 1.62. The average molecular weight is 67.5 g/mol. The SMILES string of the molecule is BNN(B)B. The van der Waals surface area contributed by atoms with Gasteiger partial charge in [0.2, 0.25) is 0 Å². The lowest BCUT2D eigenvalue weighted by molar-refractivity contribution is 0.676. The molecule has 0 saturated carbocycles. The van der Waals surface area contributed by atoms with E-state index in [1.165, 1.54) is 0 Å². The Morgan fingerprint density at radius 3 is 1.60 bits per heavy atom. The van der Waals surface area contributed by atoms with E-state index in [2.05, 4.69) is 5.34 Å². The van der Waals surface area contributed by atoms with Crippen LogP contribution in [0.1, 0.15) is 0 Å². The Bertz CT molecular complexity index is 18.9. The van der Waals surface area contributed by atoms with Gasteiger partial charge in [-0.2, -0.15) is 0 Å². The van der Waals surface area contributed by atoms with Crippen molar-refractivity contribution >= 4 is 23.9 Å². The molecule has 0 radical (unpaired) electrons. The molecule has 0 spiro atoms. The predicted molar refractivity (Wildman–Crippen MR) is 30.6 cm³/mol. The van der Waals surface area contributed by atoms with Gasteiger partial charge in [-0.1, -0.05) is 0 Å². The molecule has 0 saturated heterocycles. The highest BCUT2D eigenvalue weighted by Gasteiger charge is 1.71. The zero-order valence-corrected chi connectivity index (χ0v) is 3.95. The van der Waals surface area contributed by atoms with E-state index in [-0.39, 0.29) is 0 Å². The molecule has 0 unspecified atom stereocenters. The number of hydrogen-bond acceptors (Lipinski definition) is 2. The minimum atomic E-state index is 1.88. The van der Waals surface area contributed by atoms with Gasteiger partial charge in [-0.15, -0.1) is 0 Å². The quantitative estimate of drug-likeness (QED) is 0.252. The van der Waals surface area contributed by atoms with Crippen LogP contribution >= 0.6 is 0 Å². The normalized spacial score (nSPS) is 9.00. The highest BCUT2D eigenvalue weighted by atomic mass is 15.3. The number of nitrogens with one attached hydrogen (secondary N) is 1. The molecule has 0 amide bonds. The molecule has 0 aliphatic rings. The fourth-order valence-corrected chi connectivity index (χ4v) is 0. The van der Waals surface area contributed by atoms with Crippen LogP contribution in [-0.4, -0.2) is 28.8 Å². The Morgan fingerprint density at radius 2 is 1.60 bits per heavy atom. The lowest BCUT2D eigenvalue weighted by Gasteiger charge is -2.04. The van der Waals surface area contributed by atoms with Gasteiger partial charge in [0.15, 0.2) is 23.9 Å². The van der Waals surface area contributed by atoms with Crippen LogP contribution in [-0.2, 0) is 0 Å². The first-order chi connectivity index (χ1) is 2.27. The molecular weight excluding hydrogens is 60.4 g/mol. The second-order valence-corrected chi connectivity index (χ2v) is 1.12. The van der Waals surface area contributed by atoms with Crippen LogP contribution in [0.4, 0.5) is 0 Å². The van der Waals surface area contributed by atoms with Crippen molar-refractivity contribution in [2.75, 3.05) is 0 Å². The lowest BCUT2D eigenvalue weighted by atomic mass is 10.2. The topological polar surface area (TPSA) is 15.3 Å². The van der Waals surface area contributed by atoms with Crippen molar-refractivity contribution in [2.45, 2.75) is 0 Å². The maximum Gasteiger partial charge on any atom is 0.198 e. The van der Waals surface area contributed by atoms with E-state index < -0.39 is 0 Å². The Balaban J connectivity index is 2.54. The van der Waals surface area contributed by atoms with Crippen molar-refractivity contribution in [3.63, 3.8) is 0 Å². The van der Waals surface area contributed by atoms with E-state index in [0.717, 1.165) is 0 Å². The molecule has 0 aromatic heterocycles. The first kappa shape index (κ1) is 5.11. The van der Waals surface area contributed by atoms with Gasteiger partial charge in [-0.25, -0.2) is 0 Å². The standard InChI is InChI=1S/B3H7N2/c1-4-5(2)3/h4H,1-3H2. The number of hydrogen-bond donors (Lipinski definition) is 1. The van der Waals surface area contributed by atoms with Crippen molar-refractivity contribution < 1.29 is 0 Å². The van der Waals surface area contributed by atoms with Crippen molar-refractivity contribution in [2.24, 2.45) is 0 Å². The zero-order valence-electron chi connectivity index (χ0n) is 3.95. The Labute approximate surface area is 35.2 Å². The van der Waals surface area contributed by atoms with Gasteiger partial charge in [-0.3, -0.25) is 0 Å². The van der Waals surface area contributed by atoms with Gasteiger partial charge < -0.3 is 10.2 Å². The Hall–Kier alpha value is 0.115. The summed E-state index contributed by atoms with van der Waals surface area (Å²) in [6, 6.07) is 0. The van der Waals surface area contributed by atoms with Gasteiger partial charge in [0.1, 0.15) is 0 Å². The number of nitrogens with zero attached hydrogens (tertiary/aromatic N) is 1. The highest BCUT2D eigenvalue weighted by Crippen LogP contribution is 1.42. The van der Waals surface area contributed by atoms with Crippen LogP contribution in [0.3, 0.4) is 0 Å². The lowest BCUT2D eigenvalue weighted by Crippen LogP contribution is -2.30. The summed E-state index contributed by atoms with van der Waals surface area (Å²) in [7, 11) is 5.76. The fourth-order valence-electron chi connectivity index (χ4n) is 0. The summed E-state index contributed by atoms with van der Waals surface area (Å²) in [5.41, 5.74) is 0. The summed E-state index contributed by atoms with van der Waals surface area (Å²) in [5, 5.41) is 2.86. The third-order valence-corrected chi connectivity index (χ3v) is 0.447. The average Bonchev–Trinajstić information content (AvgIpc) is 1.38. The van der Waals surface area contributed by atoms with Crippen LogP contribution < -0.4 is 5.34 Å². The second-order valence-electron chi connectivity index (χ2n) is 1.12. The third-order valence-electron chi connectivity index (χ3n) is 0.447. The summed E-state index contributed by atoms with van der Waals surface area (Å²) in [4.78, 5) is 1.88. The molecule has 5 heavy (non-hydrogen) atoms. The Morgan fingerprint density at radius 1 is 1.40 bits per heavy atom. The number of hydrazine groups is 1. The molecule has 0 bridgehead atoms. The monoisotopic (exact) mass is 68.1 g/mol. The second kappa shape index (κ2) is 2.36. The molecule has 0 aromatic rings. The summed E-state index contributed by atoms with van der Waals surface area (Å²) in [6.07, 6.45) is 0.